The van der Waals surface area contributed by atoms with Crippen molar-refractivity contribution in [2.24, 2.45) is 0 Å². The largest absolute Gasteiger partial charge is 0.497 e. The average molecular weight is 325 g/mol. The van der Waals surface area contributed by atoms with Gasteiger partial charge in [-0.2, -0.15) is 0 Å². The fraction of sp³-hybridized carbons (Fsp3) is 0.200. The summed E-state index contributed by atoms with van der Waals surface area (Å²) < 4.78 is 19.6. The van der Waals surface area contributed by atoms with E-state index in [1.165, 1.54) is 0 Å². The van der Waals surface area contributed by atoms with E-state index in [0.717, 1.165) is 0 Å². The lowest BCUT2D eigenvalue weighted by Gasteiger charge is -2.25. The van der Waals surface area contributed by atoms with E-state index < -0.39 is 11.4 Å². The first-order valence-electron chi connectivity index (χ1n) is 5.78. The monoisotopic (exact) mass is 324 g/mol. The number of aliphatic hydroxyl groups is 1. The van der Waals surface area contributed by atoms with Gasteiger partial charge in [0.05, 0.1) is 11.6 Å². The average Bonchev–Trinajstić information content (AvgIpc) is 2.41. The Morgan fingerprint density at radius 1 is 1.21 bits per heavy atom. The lowest BCUT2D eigenvalue weighted by Crippen LogP contribution is -2.24. The van der Waals surface area contributed by atoms with Crippen LogP contribution in [0.5, 0.6) is 5.75 Å². The van der Waals surface area contributed by atoms with Crippen LogP contribution in [-0.4, -0.2) is 12.2 Å². The lowest BCUT2D eigenvalue weighted by molar-refractivity contribution is 0.0975. The molecule has 1 atom stereocenters. The Morgan fingerprint density at radius 2 is 1.89 bits per heavy atom. The summed E-state index contributed by atoms with van der Waals surface area (Å²) in [6.07, 6.45) is 0. The summed E-state index contributed by atoms with van der Waals surface area (Å²) in [7, 11) is 1.55. The van der Waals surface area contributed by atoms with Crippen LogP contribution in [0.25, 0.3) is 0 Å². The van der Waals surface area contributed by atoms with E-state index in [9.17, 15) is 9.50 Å². The van der Waals surface area contributed by atoms with E-state index in [0.29, 0.717) is 15.8 Å². The summed E-state index contributed by atoms with van der Waals surface area (Å²) in [6, 6.07) is 11.8. The number of halogens is 2. The third-order valence-electron chi connectivity index (χ3n) is 3.11. The fourth-order valence-electron chi connectivity index (χ4n) is 1.96. The molecule has 0 aliphatic heterocycles. The molecule has 1 N–H and O–H groups in total. The van der Waals surface area contributed by atoms with Crippen molar-refractivity contribution in [3.05, 3.63) is 63.9 Å². The molecule has 0 radical (unpaired) electrons. The van der Waals surface area contributed by atoms with Crippen molar-refractivity contribution in [2.75, 3.05) is 7.11 Å². The fourth-order valence-corrected chi connectivity index (χ4v) is 2.33. The summed E-state index contributed by atoms with van der Waals surface area (Å²) in [5.41, 5.74) is -0.637. The third-order valence-corrected chi connectivity index (χ3v) is 3.72. The Kier molecular flexibility index (Phi) is 3.92. The van der Waals surface area contributed by atoms with Gasteiger partial charge in [-0.1, -0.05) is 24.3 Å². The molecule has 1 unspecified atom stereocenters. The maximum Gasteiger partial charge on any atom is 0.143 e. The van der Waals surface area contributed by atoms with E-state index in [1.807, 2.05) is 0 Å². The minimum absolute atomic E-state index is 0.218. The number of hydrogen-bond donors (Lipinski definition) is 1. The van der Waals surface area contributed by atoms with Gasteiger partial charge in [0.15, 0.2) is 0 Å². The maximum atomic E-state index is 14.1. The lowest BCUT2D eigenvalue weighted by atomic mass is 9.88. The van der Waals surface area contributed by atoms with Gasteiger partial charge < -0.3 is 9.84 Å². The minimum Gasteiger partial charge on any atom is -0.497 e. The normalized spacial score (nSPS) is 13.9. The van der Waals surface area contributed by atoms with E-state index >= 15 is 0 Å². The molecule has 2 aromatic rings. The first kappa shape index (κ1) is 14.0. The molecule has 2 nitrogen and oxygen atoms in total. The van der Waals surface area contributed by atoms with Crippen LogP contribution in [0.1, 0.15) is 18.1 Å². The zero-order valence-corrected chi connectivity index (χ0v) is 12.2. The van der Waals surface area contributed by atoms with E-state index in [2.05, 4.69) is 15.9 Å². The smallest absolute Gasteiger partial charge is 0.143 e. The van der Waals surface area contributed by atoms with Gasteiger partial charge >= 0.3 is 0 Å². The van der Waals surface area contributed by atoms with Crippen LogP contribution >= 0.6 is 15.9 Å². The molecule has 0 saturated heterocycles. The van der Waals surface area contributed by atoms with Gasteiger partial charge in [-0.3, -0.25) is 0 Å². The van der Waals surface area contributed by atoms with E-state index in [-0.39, 0.29) is 5.56 Å². The molecule has 4 heteroatoms. The summed E-state index contributed by atoms with van der Waals surface area (Å²) in [6.45, 7) is 1.56. The van der Waals surface area contributed by atoms with Crippen LogP contribution in [-0.2, 0) is 5.60 Å². The van der Waals surface area contributed by atoms with Crippen molar-refractivity contribution in [3.63, 3.8) is 0 Å². The van der Waals surface area contributed by atoms with Gasteiger partial charge in [-0.25, -0.2) is 4.39 Å². The number of ether oxygens (including phenoxy) is 1. The summed E-state index contributed by atoms with van der Waals surface area (Å²) >= 11 is 3.13. The predicted octanol–water partition coefficient (Wildman–Crippen LogP) is 3.85. The SMILES string of the molecule is COc1cccc(C(C)(O)c2cccc(Br)c2F)c1. The molecule has 0 heterocycles. The third kappa shape index (κ3) is 2.65. The molecule has 2 aromatic carbocycles. The molecular formula is C15H14BrFO2. The second-order valence-electron chi connectivity index (χ2n) is 4.41. The highest BCUT2D eigenvalue weighted by atomic mass is 79.9. The van der Waals surface area contributed by atoms with Gasteiger partial charge in [0, 0.05) is 5.56 Å². The summed E-state index contributed by atoms with van der Waals surface area (Å²) in [5, 5.41) is 10.7. The molecule has 0 saturated carbocycles. The Hall–Kier alpha value is -1.39. The van der Waals surface area contributed by atoms with Crippen LogP contribution in [0.15, 0.2) is 46.9 Å². The standard InChI is InChI=1S/C15H14BrFO2/c1-15(18,10-5-3-6-11(9-10)19-2)12-7-4-8-13(16)14(12)17/h3-9,18H,1-2H3. The van der Waals surface area contributed by atoms with Crippen LogP contribution < -0.4 is 4.74 Å². The molecule has 100 valence electrons. The first-order valence-corrected chi connectivity index (χ1v) is 6.57. The van der Waals surface area contributed by atoms with Gasteiger partial charge in [-0.05, 0) is 46.6 Å². The van der Waals surface area contributed by atoms with E-state index in [4.69, 9.17) is 4.74 Å². The van der Waals surface area contributed by atoms with Crippen molar-refractivity contribution in [2.45, 2.75) is 12.5 Å². The molecule has 0 amide bonds. The highest BCUT2D eigenvalue weighted by Crippen LogP contribution is 2.34. The molecule has 0 spiro atoms. The van der Waals surface area contributed by atoms with E-state index in [1.54, 1.807) is 56.5 Å². The topological polar surface area (TPSA) is 29.5 Å². The molecule has 0 aliphatic rings. The maximum absolute atomic E-state index is 14.1. The second kappa shape index (κ2) is 5.31. The number of benzene rings is 2. The summed E-state index contributed by atoms with van der Waals surface area (Å²) in [5.74, 6) is 0.156. The van der Waals surface area contributed by atoms with Crippen LogP contribution in [0.4, 0.5) is 4.39 Å². The zero-order valence-electron chi connectivity index (χ0n) is 10.7. The first-order chi connectivity index (χ1) is 8.96. The Labute approximate surface area is 120 Å². The van der Waals surface area contributed by atoms with Gasteiger partial charge in [0.2, 0.25) is 0 Å². The Morgan fingerprint density at radius 3 is 2.58 bits per heavy atom. The van der Waals surface area contributed by atoms with Crippen LogP contribution in [0, 0.1) is 5.82 Å². The Balaban J connectivity index is 2.54. The molecule has 2 rings (SSSR count). The second-order valence-corrected chi connectivity index (χ2v) is 5.26. The predicted molar refractivity (Wildman–Crippen MR) is 75.8 cm³/mol. The molecule has 0 bridgehead atoms. The summed E-state index contributed by atoms with van der Waals surface area (Å²) in [4.78, 5) is 0. The van der Waals surface area contributed by atoms with Crippen molar-refractivity contribution in [1.82, 2.24) is 0 Å². The van der Waals surface area contributed by atoms with Crippen LogP contribution in [0.3, 0.4) is 0 Å². The Bertz CT molecular complexity index is 596. The van der Waals surface area contributed by atoms with Crippen molar-refractivity contribution in [3.8, 4) is 5.75 Å². The molecule has 0 fully saturated rings. The zero-order chi connectivity index (χ0) is 14.0. The molecular weight excluding hydrogens is 311 g/mol. The highest BCUT2D eigenvalue weighted by molar-refractivity contribution is 9.10. The minimum atomic E-state index is -1.43. The molecule has 0 aliphatic carbocycles. The quantitative estimate of drug-likeness (QED) is 0.929. The molecule has 19 heavy (non-hydrogen) atoms. The highest BCUT2D eigenvalue weighted by Gasteiger charge is 2.29. The molecule has 0 aromatic heterocycles. The van der Waals surface area contributed by atoms with Crippen molar-refractivity contribution in [1.29, 1.82) is 0 Å². The van der Waals surface area contributed by atoms with Crippen LogP contribution in [0.2, 0.25) is 0 Å². The number of hydrogen-bond acceptors (Lipinski definition) is 2. The number of methoxy groups -OCH3 is 1. The van der Waals surface area contributed by atoms with Gasteiger partial charge in [-0.15, -0.1) is 0 Å². The van der Waals surface area contributed by atoms with Gasteiger partial charge in [0.1, 0.15) is 17.2 Å². The number of rotatable bonds is 3. The van der Waals surface area contributed by atoms with Crippen molar-refractivity contribution < 1.29 is 14.2 Å². The van der Waals surface area contributed by atoms with Gasteiger partial charge in [0.25, 0.3) is 0 Å². The van der Waals surface area contributed by atoms with Crippen molar-refractivity contribution >= 4 is 15.9 Å².